The molecule has 1 heterocycles. The number of carbonyl (C=O) groups is 3. The molecule has 1 fully saturated rings. The smallest absolute Gasteiger partial charge is 0.253 e. The number of hydrogen-bond donors (Lipinski definition) is 0. The molecule has 0 aromatic heterocycles. The van der Waals surface area contributed by atoms with Crippen molar-refractivity contribution in [1.29, 1.82) is 0 Å². The Bertz CT molecular complexity index is 505. The number of benzene rings is 1. The molecular weight excluding hydrogens is 256 g/mol. The van der Waals surface area contributed by atoms with Crippen LogP contribution in [0.2, 0.25) is 0 Å². The largest absolute Gasteiger partial charge is 0.339 e. The van der Waals surface area contributed by atoms with E-state index in [0.29, 0.717) is 31.7 Å². The lowest BCUT2D eigenvalue weighted by atomic mass is 10.1. The molecule has 1 aromatic rings. The van der Waals surface area contributed by atoms with Gasteiger partial charge in [-0.05, 0) is 19.1 Å². The Hall–Kier alpha value is -2.17. The van der Waals surface area contributed by atoms with Gasteiger partial charge in [-0.2, -0.15) is 0 Å². The van der Waals surface area contributed by atoms with Crippen LogP contribution in [0.15, 0.2) is 30.3 Å². The van der Waals surface area contributed by atoms with E-state index < -0.39 is 0 Å². The molecule has 0 atom stereocenters. The first kappa shape index (κ1) is 14.2. The van der Waals surface area contributed by atoms with Gasteiger partial charge in [0, 0.05) is 31.7 Å². The summed E-state index contributed by atoms with van der Waals surface area (Å²) >= 11 is 0. The Balaban J connectivity index is 1.90. The van der Waals surface area contributed by atoms with Crippen molar-refractivity contribution < 1.29 is 14.4 Å². The molecule has 0 bridgehead atoms. The Labute approximate surface area is 118 Å². The number of ketones is 1. The fraction of sp³-hybridized carbons (Fsp3) is 0.400. The number of Topliss-reactive ketones (excluding diaryl/α,β-unsaturated/α-hetero) is 1. The maximum Gasteiger partial charge on any atom is 0.253 e. The summed E-state index contributed by atoms with van der Waals surface area (Å²) in [5.74, 6) is -0.286. The quantitative estimate of drug-likeness (QED) is 0.771. The van der Waals surface area contributed by atoms with Crippen LogP contribution in [-0.4, -0.2) is 53.6 Å². The van der Waals surface area contributed by atoms with Gasteiger partial charge in [0.05, 0.1) is 6.42 Å². The molecule has 0 aliphatic carbocycles. The molecule has 1 aliphatic rings. The summed E-state index contributed by atoms with van der Waals surface area (Å²) in [6, 6.07) is 9.11. The van der Waals surface area contributed by atoms with Crippen molar-refractivity contribution in [3.8, 4) is 0 Å². The van der Waals surface area contributed by atoms with Crippen molar-refractivity contribution in [1.82, 2.24) is 9.80 Å². The summed E-state index contributed by atoms with van der Waals surface area (Å²) in [5, 5.41) is 0. The van der Waals surface area contributed by atoms with Gasteiger partial charge >= 0.3 is 0 Å². The molecule has 5 nitrogen and oxygen atoms in total. The van der Waals surface area contributed by atoms with Gasteiger partial charge in [-0.1, -0.05) is 18.2 Å². The van der Waals surface area contributed by atoms with E-state index in [1.165, 1.54) is 6.92 Å². The van der Waals surface area contributed by atoms with Crippen molar-refractivity contribution >= 4 is 17.6 Å². The first-order chi connectivity index (χ1) is 9.58. The zero-order valence-electron chi connectivity index (χ0n) is 11.5. The molecule has 1 aliphatic heterocycles. The van der Waals surface area contributed by atoms with Crippen LogP contribution in [0.5, 0.6) is 0 Å². The number of carbonyl (C=O) groups excluding carboxylic acids is 3. The summed E-state index contributed by atoms with van der Waals surface area (Å²) < 4.78 is 0. The van der Waals surface area contributed by atoms with Gasteiger partial charge in [-0.3, -0.25) is 14.4 Å². The maximum atomic E-state index is 12.2. The van der Waals surface area contributed by atoms with Crippen LogP contribution in [0.4, 0.5) is 0 Å². The van der Waals surface area contributed by atoms with Crippen LogP contribution in [0.3, 0.4) is 0 Å². The van der Waals surface area contributed by atoms with Gasteiger partial charge in [0.2, 0.25) is 5.91 Å². The van der Waals surface area contributed by atoms with Gasteiger partial charge < -0.3 is 9.80 Å². The van der Waals surface area contributed by atoms with Crippen LogP contribution in [0, 0.1) is 0 Å². The minimum atomic E-state index is -0.149. The number of amides is 2. The monoisotopic (exact) mass is 274 g/mol. The third-order valence-electron chi connectivity index (χ3n) is 3.34. The van der Waals surface area contributed by atoms with Gasteiger partial charge in [-0.25, -0.2) is 0 Å². The Morgan fingerprint density at radius 3 is 2.05 bits per heavy atom. The molecule has 106 valence electrons. The topological polar surface area (TPSA) is 57.7 Å². The molecular formula is C15H18N2O3. The van der Waals surface area contributed by atoms with E-state index in [1.54, 1.807) is 21.9 Å². The standard InChI is InChI=1S/C15H18N2O3/c1-12(18)11-14(19)16-7-9-17(10-8-16)15(20)13-5-3-2-4-6-13/h2-6H,7-11H2,1H3. The molecule has 5 heteroatoms. The molecule has 0 radical (unpaired) electrons. The fourth-order valence-corrected chi connectivity index (χ4v) is 2.25. The van der Waals surface area contributed by atoms with Crippen molar-refractivity contribution in [2.45, 2.75) is 13.3 Å². The third-order valence-corrected chi connectivity index (χ3v) is 3.34. The SMILES string of the molecule is CC(=O)CC(=O)N1CCN(C(=O)c2ccccc2)CC1. The average molecular weight is 274 g/mol. The number of hydrogen-bond acceptors (Lipinski definition) is 3. The minimum Gasteiger partial charge on any atom is -0.339 e. The Morgan fingerprint density at radius 1 is 0.950 bits per heavy atom. The second-order valence-electron chi connectivity index (χ2n) is 4.92. The van der Waals surface area contributed by atoms with Crippen LogP contribution >= 0.6 is 0 Å². The molecule has 1 aromatic carbocycles. The summed E-state index contributed by atoms with van der Waals surface area (Å²) in [6.07, 6.45) is -0.0490. The number of rotatable bonds is 3. The predicted octanol–water partition coefficient (Wildman–Crippen LogP) is 0.950. The Kier molecular flexibility index (Phi) is 4.50. The van der Waals surface area contributed by atoms with Gasteiger partial charge in [0.15, 0.2) is 0 Å². The summed E-state index contributed by atoms with van der Waals surface area (Å²) in [7, 11) is 0. The fourth-order valence-electron chi connectivity index (χ4n) is 2.25. The number of nitrogens with zero attached hydrogens (tertiary/aromatic N) is 2. The van der Waals surface area contributed by atoms with Gasteiger partial charge in [-0.15, -0.1) is 0 Å². The van der Waals surface area contributed by atoms with E-state index in [1.807, 2.05) is 18.2 Å². The van der Waals surface area contributed by atoms with Crippen LogP contribution in [0.25, 0.3) is 0 Å². The lowest BCUT2D eigenvalue weighted by Gasteiger charge is -2.34. The first-order valence-electron chi connectivity index (χ1n) is 6.69. The highest BCUT2D eigenvalue weighted by atomic mass is 16.2. The molecule has 0 spiro atoms. The molecule has 0 unspecified atom stereocenters. The van der Waals surface area contributed by atoms with E-state index >= 15 is 0 Å². The van der Waals surface area contributed by atoms with Crippen molar-refractivity contribution in [3.63, 3.8) is 0 Å². The second-order valence-corrected chi connectivity index (χ2v) is 4.92. The molecule has 2 rings (SSSR count). The summed E-state index contributed by atoms with van der Waals surface area (Å²) in [6.45, 7) is 3.41. The highest BCUT2D eigenvalue weighted by Crippen LogP contribution is 2.09. The first-order valence-corrected chi connectivity index (χ1v) is 6.69. The molecule has 0 saturated carbocycles. The minimum absolute atomic E-state index is 0.00994. The highest BCUT2D eigenvalue weighted by Gasteiger charge is 2.24. The summed E-state index contributed by atoms with van der Waals surface area (Å²) in [5.41, 5.74) is 0.663. The molecule has 1 saturated heterocycles. The van der Waals surface area contributed by atoms with Crippen LogP contribution in [0.1, 0.15) is 23.7 Å². The molecule has 0 N–H and O–H groups in total. The predicted molar refractivity (Wildman–Crippen MR) is 74.2 cm³/mol. The van der Waals surface area contributed by atoms with E-state index in [0.717, 1.165) is 0 Å². The van der Waals surface area contributed by atoms with E-state index in [9.17, 15) is 14.4 Å². The third kappa shape index (κ3) is 3.44. The van der Waals surface area contributed by atoms with E-state index in [2.05, 4.69) is 0 Å². The summed E-state index contributed by atoms with van der Waals surface area (Å²) in [4.78, 5) is 38.3. The zero-order chi connectivity index (χ0) is 14.5. The van der Waals surface area contributed by atoms with Gasteiger partial charge in [0.1, 0.15) is 5.78 Å². The number of piperazine rings is 1. The maximum absolute atomic E-state index is 12.2. The van der Waals surface area contributed by atoms with Crippen molar-refractivity contribution in [2.24, 2.45) is 0 Å². The normalized spacial score (nSPS) is 15.1. The Morgan fingerprint density at radius 2 is 1.50 bits per heavy atom. The lowest BCUT2D eigenvalue weighted by molar-refractivity contribution is -0.136. The highest BCUT2D eigenvalue weighted by molar-refractivity contribution is 5.97. The van der Waals surface area contributed by atoms with Crippen LogP contribution < -0.4 is 0 Å². The van der Waals surface area contributed by atoms with Crippen molar-refractivity contribution in [2.75, 3.05) is 26.2 Å². The average Bonchev–Trinajstić information content (AvgIpc) is 2.47. The second kappa shape index (κ2) is 6.32. The van der Waals surface area contributed by atoms with E-state index in [-0.39, 0.29) is 24.0 Å². The lowest BCUT2D eigenvalue weighted by Crippen LogP contribution is -2.50. The van der Waals surface area contributed by atoms with Crippen LogP contribution in [-0.2, 0) is 9.59 Å². The zero-order valence-corrected chi connectivity index (χ0v) is 11.5. The van der Waals surface area contributed by atoms with Crippen molar-refractivity contribution in [3.05, 3.63) is 35.9 Å². The molecule has 20 heavy (non-hydrogen) atoms. The molecule has 2 amide bonds. The van der Waals surface area contributed by atoms with E-state index in [4.69, 9.17) is 0 Å². The van der Waals surface area contributed by atoms with Gasteiger partial charge in [0.25, 0.3) is 5.91 Å².